The van der Waals surface area contributed by atoms with E-state index in [0.29, 0.717) is 7.05 Å². The van der Waals surface area contributed by atoms with Crippen LogP contribution in [0.25, 0.3) is 0 Å². The quantitative estimate of drug-likeness (QED) is 0.123. The van der Waals surface area contributed by atoms with Crippen molar-refractivity contribution in [3.8, 4) is 0 Å². The van der Waals surface area contributed by atoms with Crippen LogP contribution in [0.2, 0.25) is 0 Å². The monoisotopic (exact) mass is 901 g/mol. The molecule has 55 heavy (non-hydrogen) atoms. The summed E-state index contributed by atoms with van der Waals surface area (Å²) in [5.74, 6) is -136. The van der Waals surface area contributed by atoms with Crippen LogP contribution in [0.4, 0.5) is 145 Å². The van der Waals surface area contributed by atoms with E-state index in [1.54, 1.807) is 0 Å². The molecule has 326 valence electrons. The Hall–Kier alpha value is -3.10. The first-order chi connectivity index (χ1) is 23.2. The van der Waals surface area contributed by atoms with E-state index in [2.05, 4.69) is 0 Å². The zero-order valence-corrected chi connectivity index (χ0v) is 24.1. The lowest BCUT2D eigenvalue weighted by Crippen LogP contribution is -2.80. The van der Waals surface area contributed by atoms with Crippen molar-refractivity contribution >= 4 is 0 Å². The highest BCUT2D eigenvalue weighted by Gasteiger charge is 3.02. The van der Waals surface area contributed by atoms with Gasteiger partial charge in [-0.05, 0) is 0 Å². The molecular formula is C20H6F33N2+. The number of rotatable bonds is 15. The minimum atomic E-state index is -10.2. The fourth-order valence-electron chi connectivity index (χ4n) is 3.51. The molecule has 0 radical (unpaired) electrons. The molecule has 0 aliphatic heterocycles. The summed E-state index contributed by atoms with van der Waals surface area (Å²) >= 11 is 0. The van der Waals surface area contributed by atoms with Crippen molar-refractivity contribution in [1.82, 2.24) is 4.57 Å². The van der Waals surface area contributed by atoms with Crippen molar-refractivity contribution in [2.75, 3.05) is 0 Å². The van der Waals surface area contributed by atoms with E-state index < -0.39 is 112 Å². The maximum atomic E-state index is 14.0. The average molecular weight is 901 g/mol. The van der Waals surface area contributed by atoms with Gasteiger partial charge in [-0.3, -0.25) is 0 Å². The van der Waals surface area contributed by atoms with E-state index in [0.717, 1.165) is 0 Å². The SMILES string of the molecule is C[n+]1ccn(C(F)(F)C(F)(F)C(F)(F)C(F)(F)C(F)(F)C(F)(F)C(F)(F)C(F)(F)C(F)(F)C(F)(F)C(F)(F)C(F)(F)C(F)(F)C(F)(F)C(F)(F)C(F)(F)F)c1. The number of aromatic nitrogens is 2. The second-order valence-electron chi connectivity index (χ2n) is 10.6. The number of aryl methyl sites for hydroxylation is 1. The zero-order valence-electron chi connectivity index (χ0n) is 24.1. The zero-order chi connectivity index (χ0) is 45.3. The van der Waals surface area contributed by atoms with Crippen molar-refractivity contribution < 1.29 is 149 Å². The lowest BCUT2D eigenvalue weighted by molar-refractivity contribution is -0.672. The van der Waals surface area contributed by atoms with Crippen molar-refractivity contribution in [1.29, 1.82) is 0 Å². The van der Waals surface area contributed by atoms with E-state index in [-0.39, 0.29) is 10.8 Å². The molecule has 0 bridgehead atoms. The molecular weight excluding hydrogens is 895 g/mol. The molecule has 1 aromatic heterocycles. The van der Waals surface area contributed by atoms with Gasteiger partial charge >= 0.3 is 95.1 Å². The Balaban J connectivity index is 4.04. The third-order valence-electron chi connectivity index (χ3n) is 6.95. The van der Waals surface area contributed by atoms with Crippen LogP contribution in [0, 0.1) is 0 Å². The standard InChI is InChI=1S/C20H6F33N2/c1-54-2-3-55(4-54)20(52,53)18(47,48)16(43,44)14(39,40)12(35,36)10(31,32)8(27,28)6(23,24)5(21,22)7(25,26)9(29,30)11(33,34)13(37,38)15(41,42)17(45,46)19(49,50)51/h2-4H,1H3/q+1. The topological polar surface area (TPSA) is 8.81 Å². The molecule has 0 fully saturated rings. The van der Waals surface area contributed by atoms with Gasteiger partial charge in [-0.2, -0.15) is 149 Å². The molecule has 0 amide bonds. The Morgan fingerprint density at radius 3 is 0.636 bits per heavy atom. The van der Waals surface area contributed by atoms with Crippen LogP contribution in [-0.2, 0) is 13.1 Å². The van der Waals surface area contributed by atoms with Crippen LogP contribution >= 0.6 is 0 Å². The highest BCUT2D eigenvalue weighted by molar-refractivity contribution is 5.22. The van der Waals surface area contributed by atoms with Gasteiger partial charge in [0.2, 0.25) is 6.33 Å². The lowest BCUT2D eigenvalue weighted by Gasteiger charge is -2.46. The normalized spacial score (nSPS) is 16.9. The summed E-state index contributed by atoms with van der Waals surface area (Å²) in [5.41, 5.74) is 0. The van der Waals surface area contributed by atoms with E-state index >= 15 is 0 Å². The van der Waals surface area contributed by atoms with E-state index in [9.17, 15) is 145 Å². The minimum Gasteiger partial charge on any atom is -0.239 e. The first kappa shape index (κ1) is 49.9. The van der Waals surface area contributed by atoms with E-state index in [1.807, 2.05) is 0 Å². The summed E-state index contributed by atoms with van der Waals surface area (Å²) in [6, 6.07) is -7.19. The Morgan fingerprint density at radius 2 is 0.473 bits per heavy atom. The van der Waals surface area contributed by atoms with Crippen molar-refractivity contribution in [3.63, 3.8) is 0 Å². The maximum Gasteiger partial charge on any atom is 0.469 e. The summed E-state index contributed by atoms with van der Waals surface area (Å²) in [6.45, 7) is 0. The van der Waals surface area contributed by atoms with Crippen LogP contribution in [0.3, 0.4) is 0 Å². The molecule has 2 nitrogen and oxygen atoms in total. The summed E-state index contributed by atoms with van der Waals surface area (Å²) in [4.78, 5) is 0. The maximum absolute atomic E-state index is 14.0. The van der Waals surface area contributed by atoms with Gasteiger partial charge in [-0.1, -0.05) is 0 Å². The molecule has 1 aromatic rings. The van der Waals surface area contributed by atoms with Crippen LogP contribution < -0.4 is 4.57 Å². The molecule has 1 heterocycles. The fourth-order valence-corrected chi connectivity index (χ4v) is 3.51. The third kappa shape index (κ3) is 5.64. The molecule has 0 saturated heterocycles. The van der Waals surface area contributed by atoms with Crippen molar-refractivity contribution in [3.05, 3.63) is 18.7 Å². The van der Waals surface area contributed by atoms with Crippen molar-refractivity contribution in [2.45, 2.75) is 95.1 Å². The molecule has 0 aromatic carbocycles. The Kier molecular flexibility index (Phi) is 11.1. The largest absolute Gasteiger partial charge is 0.469 e. The lowest BCUT2D eigenvalue weighted by atomic mass is 9.83. The molecule has 0 atom stereocenters. The van der Waals surface area contributed by atoms with E-state index in [1.165, 1.54) is 0 Å². The van der Waals surface area contributed by atoms with Crippen LogP contribution in [0.15, 0.2) is 18.7 Å². The number of hydrogen-bond acceptors (Lipinski definition) is 0. The van der Waals surface area contributed by atoms with Gasteiger partial charge in [0.05, 0.1) is 7.05 Å². The molecule has 0 saturated carbocycles. The summed E-state index contributed by atoms with van der Waals surface area (Å²) in [6.07, 6.45) is -9.40. The predicted octanol–water partition coefficient (Wildman–Crippen LogP) is 10.3. The Bertz CT molecular complexity index is 1560. The average Bonchev–Trinajstić information content (AvgIpc) is 3.41. The summed E-state index contributed by atoms with van der Waals surface area (Å²) in [7, 11) is 0.498. The predicted molar refractivity (Wildman–Crippen MR) is 101 cm³/mol. The van der Waals surface area contributed by atoms with Gasteiger partial charge in [0.1, 0.15) is 12.4 Å². The molecule has 0 aliphatic carbocycles. The summed E-state index contributed by atoms with van der Waals surface area (Å²) in [5, 5.41) is 0. The van der Waals surface area contributed by atoms with Gasteiger partial charge in [-0.15, -0.1) is 0 Å². The molecule has 0 N–H and O–H groups in total. The second-order valence-corrected chi connectivity index (χ2v) is 10.6. The molecule has 35 heteroatoms. The highest BCUT2D eigenvalue weighted by atomic mass is 19.4. The Labute approximate surface area is 276 Å². The number of alkyl halides is 33. The van der Waals surface area contributed by atoms with Gasteiger partial charge in [0.25, 0.3) is 0 Å². The number of imidazole rings is 1. The first-order valence-corrected chi connectivity index (χ1v) is 12.0. The number of halogens is 33. The first-order valence-electron chi connectivity index (χ1n) is 12.0. The fraction of sp³-hybridized carbons (Fsp3) is 0.850. The second kappa shape index (κ2) is 12.2. The van der Waals surface area contributed by atoms with Gasteiger partial charge in [0, 0.05) is 0 Å². The van der Waals surface area contributed by atoms with Gasteiger partial charge < -0.3 is 0 Å². The molecule has 1 rings (SSSR count). The number of hydrogen-bond donors (Lipinski definition) is 0. The molecule has 0 aliphatic rings. The van der Waals surface area contributed by atoms with Crippen LogP contribution in [0.1, 0.15) is 0 Å². The smallest absolute Gasteiger partial charge is 0.239 e. The molecule has 0 spiro atoms. The van der Waals surface area contributed by atoms with Gasteiger partial charge in [0.15, 0.2) is 0 Å². The third-order valence-corrected chi connectivity index (χ3v) is 6.95. The minimum absolute atomic E-state index is 0.0888. The molecule has 0 unspecified atom stereocenters. The highest BCUT2D eigenvalue weighted by Crippen LogP contribution is 2.70. The van der Waals surface area contributed by atoms with E-state index in [4.69, 9.17) is 0 Å². The van der Waals surface area contributed by atoms with Crippen LogP contribution in [-0.4, -0.2) is 93.7 Å². The van der Waals surface area contributed by atoms with Crippen molar-refractivity contribution in [2.24, 2.45) is 7.05 Å². The van der Waals surface area contributed by atoms with Crippen LogP contribution in [0.5, 0.6) is 0 Å². The Morgan fingerprint density at radius 1 is 0.291 bits per heavy atom. The van der Waals surface area contributed by atoms with Gasteiger partial charge in [-0.25, -0.2) is 4.57 Å². The summed E-state index contributed by atoms with van der Waals surface area (Å²) < 4.78 is 448. The number of nitrogens with zero attached hydrogens (tertiary/aromatic N) is 2.